The molecular weight excluding hydrogens is 292 g/mol. The fourth-order valence-electron chi connectivity index (χ4n) is 2.44. The molecule has 1 N–H and O–H groups in total. The fraction of sp³-hybridized carbons (Fsp3) is 0.611. The van der Waals surface area contributed by atoms with Gasteiger partial charge in [-0.05, 0) is 37.6 Å². The van der Waals surface area contributed by atoms with Gasteiger partial charge in [0.05, 0.1) is 19.3 Å². The van der Waals surface area contributed by atoms with E-state index < -0.39 is 0 Å². The fourth-order valence-corrected chi connectivity index (χ4v) is 2.44. The summed E-state index contributed by atoms with van der Waals surface area (Å²) in [6, 6.07) is 7.83. The van der Waals surface area contributed by atoms with Gasteiger partial charge in [-0.1, -0.05) is 26.0 Å². The maximum absolute atomic E-state index is 12.3. The van der Waals surface area contributed by atoms with E-state index in [4.69, 9.17) is 9.47 Å². The topological polar surface area (TPSA) is 50.8 Å². The number of hydrogen-bond donors (Lipinski definition) is 1. The molecule has 0 aliphatic carbocycles. The van der Waals surface area contributed by atoms with Crippen LogP contribution in [0.5, 0.6) is 5.75 Å². The van der Waals surface area contributed by atoms with Crippen LogP contribution in [0.1, 0.15) is 32.4 Å². The predicted octanol–water partition coefficient (Wildman–Crippen LogP) is 2.23. The monoisotopic (exact) mass is 320 g/mol. The number of rotatable bonds is 6. The third kappa shape index (κ3) is 5.52. The standard InChI is InChI=1S/C18H28N2O3/c1-13(2)12-23-16-7-5-15(6-8-16)14(3)19-18(21)17-11-20(4)9-10-22-17/h5-8,13-14,17H,9-12H2,1-4H3,(H,19,21). The molecule has 1 aromatic rings. The number of carbonyl (C=O) groups is 1. The summed E-state index contributed by atoms with van der Waals surface area (Å²) in [5, 5.41) is 3.02. The van der Waals surface area contributed by atoms with Crippen molar-refractivity contribution >= 4 is 5.91 Å². The molecule has 1 amide bonds. The van der Waals surface area contributed by atoms with Gasteiger partial charge < -0.3 is 19.7 Å². The van der Waals surface area contributed by atoms with Gasteiger partial charge in [-0.2, -0.15) is 0 Å². The molecule has 0 bridgehead atoms. The summed E-state index contributed by atoms with van der Waals surface area (Å²) in [7, 11) is 2.00. The molecule has 1 fully saturated rings. The quantitative estimate of drug-likeness (QED) is 0.873. The van der Waals surface area contributed by atoms with Crippen LogP contribution < -0.4 is 10.1 Å². The lowest BCUT2D eigenvalue weighted by atomic mass is 10.1. The lowest BCUT2D eigenvalue weighted by molar-refractivity contribution is -0.138. The van der Waals surface area contributed by atoms with Crippen LogP contribution >= 0.6 is 0 Å². The minimum atomic E-state index is -0.384. The molecule has 1 heterocycles. The number of nitrogens with zero attached hydrogens (tertiary/aromatic N) is 1. The van der Waals surface area contributed by atoms with Crippen molar-refractivity contribution in [2.24, 2.45) is 5.92 Å². The van der Waals surface area contributed by atoms with Crippen molar-refractivity contribution in [2.75, 3.05) is 33.4 Å². The second-order valence-corrected chi connectivity index (χ2v) is 6.63. The summed E-state index contributed by atoms with van der Waals surface area (Å²) < 4.78 is 11.2. The SMILES string of the molecule is CC(C)COc1ccc(C(C)NC(=O)C2CN(C)CCO2)cc1. The molecule has 2 atom stereocenters. The summed E-state index contributed by atoms with van der Waals surface area (Å²) in [6.45, 7) is 9.04. The zero-order valence-electron chi connectivity index (χ0n) is 14.5. The Balaban J connectivity index is 1.87. The molecular formula is C18H28N2O3. The Bertz CT molecular complexity index is 501. The first-order valence-electron chi connectivity index (χ1n) is 8.29. The lowest BCUT2D eigenvalue weighted by Gasteiger charge is -2.30. The van der Waals surface area contributed by atoms with Gasteiger partial charge in [0.2, 0.25) is 0 Å². The largest absolute Gasteiger partial charge is 0.493 e. The average Bonchev–Trinajstić information content (AvgIpc) is 2.53. The van der Waals surface area contributed by atoms with Gasteiger partial charge in [-0.25, -0.2) is 0 Å². The molecule has 1 aliphatic heterocycles. The number of morpholine rings is 1. The molecule has 2 unspecified atom stereocenters. The van der Waals surface area contributed by atoms with E-state index in [0.29, 0.717) is 25.7 Å². The van der Waals surface area contributed by atoms with E-state index in [1.807, 2.05) is 38.2 Å². The van der Waals surface area contributed by atoms with Crippen molar-refractivity contribution in [3.63, 3.8) is 0 Å². The van der Waals surface area contributed by atoms with Gasteiger partial charge >= 0.3 is 0 Å². The van der Waals surface area contributed by atoms with Gasteiger partial charge in [0.25, 0.3) is 5.91 Å². The van der Waals surface area contributed by atoms with Crippen molar-refractivity contribution in [1.82, 2.24) is 10.2 Å². The summed E-state index contributed by atoms with van der Waals surface area (Å²) in [5.41, 5.74) is 1.06. The highest BCUT2D eigenvalue weighted by molar-refractivity contribution is 5.81. The summed E-state index contributed by atoms with van der Waals surface area (Å²) >= 11 is 0. The molecule has 23 heavy (non-hydrogen) atoms. The minimum absolute atomic E-state index is 0.0517. The maximum Gasteiger partial charge on any atom is 0.250 e. The second kappa shape index (κ2) is 8.31. The van der Waals surface area contributed by atoms with Gasteiger partial charge in [0.15, 0.2) is 0 Å². The highest BCUT2D eigenvalue weighted by atomic mass is 16.5. The number of hydrogen-bond acceptors (Lipinski definition) is 4. The Morgan fingerprint density at radius 3 is 2.65 bits per heavy atom. The Hall–Kier alpha value is -1.59. The number of carbonyl (C=O) groups excluding carboxylic acids is 1. The van der Waals surface area contributed by atoms with E-state index in [2.05, 4.69) is 24.1 Å². The van der Waals surface area contributed by atoms with E-state index in [-0.39, 0.29) is 18.1 Å². The third-order valence-corrected chi connectivity index (χ3v) is 3.88. The number of likely N-dealkylation sites (N-methyl/N-ethyl adjacent to an activating group) is 1. The van der Waals surface area contributed by atoms with Gasteiger partial charge in [0, 0.05) is 13.1 Å². The van der Waals surface area contributed by atoms with Gasteiger partial charge in [0.1, 0.15) is 11.9 Å². The average molecular weight is 320 g/mol. The van der Waals surface area contributed by atoms with Crippen LogP contribution in [-0.4, -0.2) is 50.3 Å². The first-order chi connectivity index (χ1) is 11.0. The normalized spacial score (nSPS) is 20.3. The van der Waals surface area contributed by atoms with Crippen LogP contribution in [-0.2, 0) is 9.53 Å². The zero-order valence-corrected chi connectivity index (χ0v) is 14.5. The van der Waals surface area contributed by atoms with Crippen LogP contribution in [0, 0.1) is 5.92 Å². The van der Waals surface area contributed by atoms with E-state index in [1.54, 1.807) is 0 Å². The molecule has 0 radical (unpaired) electrons. The molecule has 128 valence electrons. The smallest absolute Gasteiger partial charge is 0.250 e. The Morgan fingerprint density at radius 2 is 2.04 bits per heavy atom. The first-order valence-corrected chi connectivity index (χ1v) is 8.29. The first kappa shape index (κ1) is 17.8. The third-order valence-electron chi connectivity index (χ3n) is 3.88. The van der Waals surface area contributed by atoms with Crippen LogP contribution in [0.2, 0.25) is 0 Å². The number of nitrogens with one attached hydrogen (secondary N) is 1. The summed E-state index contributed by atoms with van der Waals surface area (Å²) in [6.07, 6.45) is -0.384. The second-order valence-electron chi connectivity index (χ2n) is 6.63. The molecule has 0 saturated carbocycles. The van der Waals surface area contributed by atoms with Crippen molar-refractivity contribution in [1.29, 1.82) is 0 Å². The molecule has 5 nitrogen and oxygen atoms in total. The number of amides is 1. The molecule has 1 saturated heterocycles. The van der Waals surface area contributed by atoms with E-state index in [1.165, 1.54) is 0 Å². The van der Waals surface area contributed by atoms with E-state index >= 15 is 0 Å². The molecule has 5 heteroatoms. The summed E-state index contributed by atoms with van der Waals surface area (Å²) in [4.78, 5) is 14.4. The zero-order chi connectivity index (χ0) is 16.8. The van der Waals surface area contributed by atoms with E-state index in [9.17, 15) is 4.79 Å². The molecule has 1 aliphatic rings. The van der Waals surface area contributed by atoms with Crippen molar-refractivity contribution in [3.8, 4) is 5.75 Å². The Kier molecular flexibility index (Phi) is 6.42. The predicted molar refractivity (Wildman–Crippen MR) is 90.6 cm³/mol. The molecule has 0 spiro atoms. The van der Waals surface area contributed by atoms with Crippen LogP contribution in [0.25, 0.3) is 0 Å². The number of benzene rings is 1. The van der Waals surface area contributed by atoms with Crippen molar-refractivity contribution < 1.29 is 14.3 Å². The Labute approximate surface area is 139 Å². The number of ether oxygens (including phenoxy) is 2. The van der Waals surface area contributed by atoms with Crippen LogP contribution in [0.15, 0.2) is 24.3 Å². The van der Waals surface area contributed by atoms with Gasteiger partial charge in [-0.15, -0.1) is 0 Å². The highest BCUT2D eigenvalue weighted by Gasteiger charge is 2.25. The minimum Gasteiger partial charge on any atom is -0.493 e. The van der Waals surface area contributed by atoms with Gasteiger partial charge in [-0.3, -0.25) is 4.79 Å². The van der Waals surface area contributed by atoms with Crippen molar-refractivity contribution in [2.45, 2.75) is 32.9 Å². The van der Waals surface area contributed by atoms with Crippen molar-refractivity contribution in [3.05, 3.63) is 29.8 Å². The lowest BCUT2D eigenvalue weighted by Crippen LogP contribution is -2.48. The molecule has 2 rings (SSSR count). The molecule has 0 aromatic heterocycles. The highest BCUT2D eigenvalue weighted by Crippen LogP contribution is 2.18. The van der Waals surface area contributed by atoms with E-state index in [0.717, 1.165) is 17.9 Å². The maximum atomic E-state index is 12.3. The van der Waals surface area contributed by atoms with Crippen LogP contribution in [0.3, 0.4) is 0 Å². The van der Waals surface area contributed by atoms with Crippen LogP contribution in [0.4, 0.5) is 0 Å². The molecule has 1 aromatic carbocycles. The Morgan fingerprint density at radius 1 is 1.35 bits per heavy atom. The summed E-state index contributed by atoms with van der Waals surface area (Å²) in [5.74, 6) is 1.31.